The van der Waals surface area contributed by atoms with E-state index in [9.17, 15) is 4.79 Å². The Morgan fingerprint density at radius 3 is 2.82 bits per heavy atom. The van der Waals surface area contributed by atoms with E-state index >= 15 is 0 Å². The zero-order valence-electron chi connectivity index (χ0n) is 15.8. The molecule has 1 aromatic carbocycles. The lowest BCUT2D eigenvalue weighted by Crippen LogP contribution is -2.23. The molecular weight excluding hydrogens is 370 g/mol. The Morgan fingerprint density at radius 2 is 2.04 bits per heavy atom. The monoisotopic (exact) mass is 391 g/mol. The molecule has 0 bridgehead atoms. The highest BCUT2D eigenvalue weighted by atomic mass is 32.1. The Balaban J connectivity index is 1.75. The van der Waals surface area contributed by atoms with Crippen molar-refractivity contribution in [2.24, 2.45) is 4.99 Å². The first-order chi connectivity index (χ1) is 13.6. The predicted octanol–water partition coefficient (Wildman–Crippen LogP) is 3.28. The van der Waals surface area contributed by atoms with Gasteiger partial charge in [0.2, 0.25) is 0 Å². The van der Waals surface area contributed by atoms with E-state index in [-0.39, 0.29) is 5.91 Å². The first-order valence-corrected chi connectivity index (χ1v) is 9.87. The number of thiazole rings is 1. The van der Waals surface area contributed by atoms with Gasteiger partial charge in [-0.3, -0.25) is 4.79 Å². The number of carbonyl (C=O) groups excluding carboxylic acids is 1. The second-order valence-electron chi connectivity index (χ2n) is 6.84. The minimum absolute atomic E-state index is 0.265. The van der Waals surface area contributed by atoms with Crippen molar-refractivity contribution in [2.75, 3.05) is 14.1 Å². The molecule has 0 spiro atoms. The lowest BCUT2D eigenvalue weighted by atomic mass is 10.2. The summed E-state index contributed by atoms with van der Waals surface area (Å²) in [5.74, 6) is -0.265. The molecule has 0 fully saturated rings. The van der Waals surface area contributed by atoms with Crippen LogP contribution < -0.4 is 4.80 Å². The van der Waals surface area contributed by atoms with Crippen LogP contribution in [-0.4, -0.2) is 39.4 Å². The quantitative estimate of drug-likeness (QED) is 0.568. The second-order valence-corrected chi connectivity index (χ2v) is 7.67. The zero-order valence-corrected chi connectivity index (χ0v) is 16.6. The van der Waals surface area contributed by atoms with E-state index in [2.05, 4.69) is 41.9 Å². The first-order valence-electron chi connectivity index (χ1n) is 8.99. The van der Waals surface area contributed by atoms with Gasteiger partial charge < -0.3 is 14.5 Å². The Morgan fingerprint density at radius 1 is 1.21 bits per heavy atom. The van der Waals surface area contributed by atoms with Crippen molar-refractivity contribution < 1.29 is 4.79 Å². The van der Waals surface area contributed by atoms with E-state index in [1.807, 2.05) is 44.4 Å². The van der Waals surface area contributed by atoms with Crippen molar-refractivity contribution in [3.63, 3.8) is 0 Å². The summed E-state index contributed by atoms with van der Waals surface area (Å²) in [6.07, 6.45) is 3.38. The van der Waals surface area contributed by atoms with E-state index in [4.69, 9.17) is 0 Å². The van der Waals surface area contributed by atoms with Crippen molar-refractivity contribution in [3.05, 3.63) is 81.9 Å². The molecule has 0 atom stereocenters. The maximum Gasteiger partial charge on any atom is 0.281 e. The molecular formula is C21H21N5OS. The highest BCUT2D eigenvalue weighted by molar-refractivity contribution is 7.07. The van der Waals surface area contributed by atoms with Gasteiger partial charge in [-0.1, -0.05) is 30.3 Å². The maximum atomic E-state index is 12.9. The average Bonchev–Trinajstić information content (AvgIpc) is 3.27. The van der Waals surface area contributed by atoms with E-state index < -0.39 is 0 Å². The van der Waals surface area contributed by atoms with Gasteiger partial charge in [0.15, 0.2) is 4.80 Å². The highest BCUT2D eigenvalue weighted by Gasteiger charge is 2.13. The zero-order chi connectivity index (χ0) is 19.5. The lowest BCUT2D eigenvalue weighted by molar-refractivity contribution is 0.0999. The number of fused-ring (bicyclic) bond motifs is 1. The van der Waals surface area contributed by atoms with Crippen LogP contribution in [0.15, 0.2) is 65.2 Å². The third-order valence-electron chi connectivity index (χ3n) is 4.42. The minimum atomic E-state index is -0.265. The fourth-order valence-electron chi connectivity index (χ4n) is 3.12. The molecule has 1 amide bonds. The van der Waals surface area contributed by atoms with E-state index in [0.29, 0.717) is 22.6 Å². The molecule has 0 saturated carbocycles. The second kappa shape index (κ2) is 7.92. The van der Waals surface area contributed by atoms with Crippen LogP contribution in [0.5, 0.6) is 0 Å². The van der Waals surface area contributed by atoms with Gasteiger partial charge in [-0.2, -0.15) is 4.99 Å². The first kappa shape index (κ1) is 18.3. The number of aromatic amines is 1. The third kappa shape index (κ3) is 3.81. The normalized spacial score (nSPS) is 12.2. The van der Waals surface area contributed by atoms with Crippen LogP contribution in [0.2, 0.25) is 0 Å². The van der Waals surface area contributed by atoms with Crippen LogP contribution in [0.25, 0.3) is 11.0 Å². The number of hydrogen-bond acceptors (Lipinski definition) is 4. The molecule has 7 heteroatoms. The van der Waals surface area contributed by atoms with E-state index in [0.717, 1.165) is 17.6 Å². The summed E-state index contributed by atoms with van der Waals surface area (Å²) in [6, 6.07) is 13.9. The van der Waals surface area contributed by atoms with Crippen molar-refractivity contribution >= 4 is 28.3 Å². The molecule has 6 nitrogen and oxygen atoms in total. The molecule has 0 aliphatic carbocycles. The maximum absolute atomic E-state index is 12.9. The van der Waals surface area contributed by atoms with Crippen molar-refractivity contribution in [3.8, 4) is 0 Å². The molecule has 0 aliphatic rings. The Hall–Kier alpha value is -3.03. The molecule has 0 radical (unpaired) electrons. The van der Waals surface area contributed by atoms with Gasteiger partial charge >= 0.3 is 0 Å². The number of rotatable bonds is 5. The lowest BCUT2D eigenvalue weighted by Gasteiger charge is -2.13. The Kier molecular flexibility index (Phi) is 5.18. The van der Waals surface area contributed by atoms with Crippen molar-refractivity contribution in [2.45, 2.75) is 13.1 Å². The SMILES string of the molecule is CN(C)Cc1csc(=NC(=O)c2c[nH]c3ncccc23)n1Cc1ccccc1. The number of carbonyl (C=O) groups is 1. The summed E-state index contributed by atoms with van der Waals surface area (Å²) in [5, 5.41) is 2.86. The minimum Gasteiger partial charge on any atom is -0.345 e. The van der Waals surface area contributed by atoms with Gasteiger partial charge in [0.05, 0.1) is 12.1 Å². The van der Waals surface area contributed by atoms with Crippen LogP contribution in [0.1, 0.15) is 21.6 Å². The number of benzene rings is 1. The molecule has 1 N–H and O–H groups in total. The summed E-state index contributed by atoms with van der Waals surface area (Å²) in [4.78, 5) is 27.4. The standard InChI is InChI=1S/C21H21N5OS/c1-25(2)13-16-14-28-21(26(16)12-15-7-4-3-5-8-15)24-20(27)18-11-23-19-17(18)9-6-10-22-19/h3-11,14H,12-13H2,1-2H3,(H,22,23). The number of hydrogen-bond donors (Lipinski definition) is 1. The van der Waals surface area contributed by atoms with Gasteiger partial charge in [0.1, 0.15) is 5.65 Å². The molecule has 28 heavy (non-hydrogen) atoms. The van der Waals surface area contributed by atoms with Crippen molar-refractivity contribution in [1.82, 2.24) is 19.4 Å². The van der Waals surface area contributed by atoms with Gasteiger partial charge in [-0.05, 0) is 31.8 Å². The van der Waals surface area contributed by atoms with Gasteiger partial charge in [0.25, 0.3) is 5.91 Å². The van der Waals surface area contributed by atoms with Gasteiger partial charge in [-0.15, -0.1) is 11.3 Å². The number of nitrogens with zero attached hydrogens (tertiary/aromatic N) is 4. The molecule has 0 unspecified atom stereocenters. The number of aromatic nitrogens is 3. The van der Waals surface area contributed by atoms with Crippen molar-refractivity contribution in [1.29, 1.82) is 0 Å². The number of pyridine rings is 1. The van der Waals surface area contributed by atoms with Gasteiger partial charge in [-0.25, -0.2) is 4.98 Å². The molecule has 0 saturated heterocycles. The molecule has 142 valence electrons. The summed E-state index contributed by atoms with van der Waals surface area (Å²) in [5.41, 5.74) is 3.53. The van der Waals surface area contributed by atoms with E-state index in [1.54, 1.807) is 12.4 Å². The highest BCUT2D eigenvalue weighted by Crippen LogP contribution is 2.16. The number of H-pyrrole nitrogens is 1. The molecule has 4 rings (SSSR count). The summed E-state index contributed by atoms with van der Waals surface area (Å²) in [6.45, 7) is 1.46. The molecule has 4 aromatic rings. The molecule has 3 heterocycles. The summed E-state index contributed by atoms with van der Waals surface area (Å²) >= 11 is 1.49. The average molecular weight is 392 g/mol. The Labute approximate surface area is 166 Å². The van der Waals surface area contributed by atoms with Gasteiger partial charge in [0, 0.05) is 35.4 Å². The summed E-state index contributed by atoms with van der Waals surface area (Å²) in [7, 11) is 4.07. The van der Waals surface area contributed by atoms with Crippen LogP contribution in [0.4, 0.5) is 0 Å². The van der Waals surface area contributed by atoms with E-state index in [1.165, 1.54) is 16.9 Å². The van der Waals surface area contributed by atoms with Crippen LogP contribution >= 0.6 is 11.3 Å². The van der Waals surface area contributed by atoms with Crippen LogP contribution in [0, 0.1) is 0 Å². The molecule has 3 aromatic heterocycles. The largest absolute Gasteiger partial charge is 0.345 e. The molecule has 0 aliphatic heterocycles. The topological polar surface area (TPSA) is 66.3 Å². The smallest absolute Gasteiger partial charge is 0.281 e. The van der Waals surface area contributed by atoms with Crippen LogP contribution in [0.3, 0.4) is 0 Å². The fourth-order valence-corrected chi connectivity index (χ4v) is 4.01. The summed E-state index contributed by atoms with van der Waals surface area (Å²) < 4.78 is 2.12. The number of nitrogens with one attached hydrogen (secondary N) is 1. The Bertz CT molecular complexity index is 1170. The predicted molar refractivity (Wildman–Crippen MR) is 111 cm³/mol. The number of amides is 1. The van der Waals surface area contributed by atoms with Crippen LogP contribution in [-0.2, 0) is 13.1 Å². The third-order valence-corrected chi connectivity index (χ3v) is 5.33. The fraction of sp³-hybridized carbons (Fsp3) is 0.190.